The van der Waals surface area contributed by atoms with E-state index in [2.05, 4.69) is 58.5 Å². The summed E-state index contributed by atoms with van der Waals surface area (Å²) >= 11 is 0. The Bertz CT molecular complexity index is 1670. The second kappa shape index (κ2) is 10.9. The van der Waals surface area contributed by atoms with E-state index in [1.807, 2.05) is 78.9 Å². The summed E-state index contributed by atoms with van der Waals surface area (Å²) in [5.41, 5.74) is 8.25. The van der Waals surface area contributed by atoms with Crippen LogP contribution in [0.15, 0.2) is 152 Å². The molecule has 1 aliphatic rings. The van der Waals surface area contributed by atoms with Gasteiger partial charge < -0.3 is 15.0 Å². The topological polar surface area (TPSA) is 70.3 Å². The minimum atomic E-state index is -1.15. The second-order valence-electron chi connectivity index (χ2n) is 10.5. The lowest BCUT2D eigenvalue weighted by atomic mass is 9.66. The van der Waals surface area contributed by atoms with Crippen LogP contribution in [-0.4, -0.2) is 17.1 Å². The van der Waals surface area contributed by atoms with Crippen molar-refractivity contribution in [3.8, 4) is 11.3 Å². The summed E-state index contributed by atoms with van der Waals surface area (Å²) in [5, 5.41) is 0. The molecule has 0 bridgehead atoms. The van der Waals surface area contributed by atoms with Gasteiger partial charge in [0.2, 0.25) is 0 Å². The van der Waals surface area contributed by atoms with Gasteiger partial charge >= 0.3 is 7.12 Å². The van der Waals surface area contributed by atoms with E-state index in [0.717, 1.165) is 22.3 Å². The van der Waals surface area contributed by atoms with Gasteiger partial charge in [-0.25, -0.2) is 9.37 Å². The fourth-order valence-electron chi connectivity index (χ4n) is 6.12. The van der Waals surface area contributed by atoms with Crippen molar-refractivity contribution in [1.29, 1.82) is 0 Å². The number of nitrogen functional groups attached to an aromatic ring is 1. The summed E-state index contributed by atoms with van der Waals surface area (Å²) in [4.78, 5) is 8.32. The molecule has 0 radical (unpaired) electrons. The van der Waals surface area contributed by atoms with E-state index in [0.29, 0.717) is 16.7 Å². The van der Waals surface area contributed by atoms with Gasteiger partial charge in [-0.1, -0.05) is 133 Å². The zero-order valence-electron chi connectivity index (χ0n) is 23.2. The molecular formula is C36H27BFN3O2. The van der Waals surface area contributed by atoms with E-state index >= 15 is 4.39 Å². The van der Waals surface area contributed by atoms with E-state index in [-0.39, 0.29) is 5.82 Å². The second-order valence-corrected chi connectivity index (χ2v) is 10.5. The largest absolute Gasteiger partial charge is 0.496 e. The molecule has 1 saturated heterocycles. The van der Waals surface area contributed by atoms with E-state index in [1.54, 1.807) is 6.07 Å². The quantitative estimate of drug-likeness (QED) is 0.235. The van der Waals surface area contributed by atoms with Gasteiger partial charge in [0, 0.05) is 5.56 Å². The van der Waals surface area contributed by atoms with Crippen LogP contribution in [0.3, 0.4) is 0 Å². The van der Waals surface area contributed by atoms with Crippen molar-refractivity contribution < 1.29 is 13.7 Å². The Morgan fingerprint density at radius 1 is 0.558 bits per heavy atom. The molecule has 5 aromatic carbocycles. The summed E-state index contributed by atoms with van der Waals surface area (Å²) < 4.78 is 30.2. The summed E-state index contributed by atoms with van der Waals surface area (Å²) in [6.07, 6.45) is 2.87. The smallest absolute Gasteiger partial charge is 0.390 e. The van der Waals surface area contributed by atoms with Gasteiger partial charge in [0.25, 0.3) is 0 Å². The summed E-state index contributed by atoms with van der Waals surface area (Å²) in [5.74, 6) is -0.199. The molecule has 1 aliphatic heterocycles. The average Bonchev–Trinajstić information content (AvgIpc) is 3.45. The Balaban J connectivity index is 1.49. The summed E-state index contributed by atoms with van der Waals surface area (Å²) in [6, 6.07) is 45.3. The van der Waals surface area contributed by atoms with Crippen molar-refractivity contribution in [2.24, 2.45) is 0 Å². The number of nitrogens with two attached hydrogens (primary N) is 1. The van der Waals surface area contributed by atoms with Gasteiger partial charge in [0.05, 0.1) is 18.1 Å². The molecule has 1 fully saturated rings. The van der Waals surface area contributed by atoms with Gasteiger partial charge in [0.15, 0.2) is 0 Å². The standard InChI is InChI=1S/C36H27BFN3O2/c38-32-23-30(21-22-31(32)33-24-41-34(39)25-40-33)37-42-35(26-13-5-1-6-14-26,27-15-7-2-8-16-27)36(43-37,28-17-9-3-10-18-28)29-19-11-4-12-20-29/h1-25H,(H2,39,41). The monoisotopic (exact) mass is 563 g/mol. The SMILES string of the molecule is Nc1cnc(-c2ccc(B3OC(c4ccccc4)(c4ccccc4)C(c4ccccc4)(c4ccccc4)O3)cc2F)cn1. The third-order valence-electron chi connectivity index (χ3n) is 8.00. The average molecular weight is 563 g/mol. The van der Waals surface area contributed by atoms with Gasteiger partial charge in [0.1, 0.15) is 22.8 Å². The highest BCUT2D eigenvalue weighted by atomic mass is 19.1. The van der Waals surface area contributed by atoms with Crippen LogP contribution < -0.4 is 11.2 Å². The van der Waals surface area contributed by atoms with Crippen molar-refractivity contribution in [1.82, 2.24) is 9.97 Å². The number of aromatic nitrogens is 2. The first-order chi connectivity index (χ1) is 21.1. The predicted molar refractivity (Wildman–Crippen MR) is 167 cm³/mol. The van der Waals surface area contributed by atoms with E-state index in [1.165, 1.54) is 18.5 Å². The Morgan fingerprint density at radius 2 is 1.00 bits per heavy atom. The van der Waals surface area contributed by atoms with Gasteiger partial charge in [-0.2, -0.15) is 0 Å². The highest BCUT2D eigenvalue weighted by Crippen LogP contribution is 2.58. The zero-order valence-corrected chi connectivity index (χ0v) is 23.2. The van der Waals surface area contributed by atoms with Gasteiger partial charge in [-0.3, -0.25) is 4.98 Å². The molecule has 2 N–H and O–H groups in total. The lowest BCUT2D eigenvalue weighted by molar-refractivity contribution is 0.00370. The normalized spacial score (nSPS) is 15.3. The molecule has 7 rings (SSSR count). The number of nitrogens with zero attached hydrogens (tertiary/aromatic N) is 2. The van der Waals surface area contributed by atoms with Crippen LogP contribution in [0.5, 0.6) is 0 Å². The minimum absolute atomic E-state index is 0.268. The number of halogens is 1. The third-order valence-corrected chi connectivity index (χ3v) is 8.00. The number of benzene rings is 5. The molecule has 6 aromatic rings. The number of anilines is 1. The molecule has 208 valence electrons. The molecule has 0 spiro atoms. The third kappa shape index (κ3) is 4.41. The lowest BCUT2D eigenvalue weighted by Crippen LogP contribution is -2.48. The van der Waals surface area contributed by atoms with E-state index < -0.39 is 24.1 Å². The molecular weight excluding hydrogens is 536 g/mol. The van der Waals surface area contributed by atoms with Crippen LogP contribution >= 0.6 is 0 Å². The first-order valence-electron chi connectivity index (χ1n) is 14.1. The molecule has 5 nitrogen and oxygen atoms in total. The predicted octanol–water partition coefficient (Wildman–Crippen LogP) is 6.49. The molecule has 0 saturated carbocycles. The van der Waals surface area contributed by atoms with E-state index in [9.17, 15) is 0 Å². The van der Waals surface area contributed by atoms with Crippen LogP contribution in [0, 0.1) is 5.82 Å². The van der Waals surface area contributed by atoms with Crippen LogP contribution in [0.25, 0.3) is 11.3 Å². The highest BCUT2D eigenvalue weighted by Gasteiger charge is 2.65. The van der Waals surface area contributed by atoms with Crippen molar-refractivity contribution in [3.63, 3.8) is 0 Å². The molecule has 7 heteroatoms. The van der Waals surface area contributed by atoms with Gasteiger partial charge in [-0.05, 0) is 33.8 Å². The van der Waals surface area contributed by atoms with Crippen molar-refractivity contribution in [2.45, 2.75) is 11.2 Å². The minimum Gasteiger partial charge on any atom is -0.390 e. The molecule has 0 amide bonds. The Hall–Kier alpha value is -5.11. The number of hydrogen-bond donors (Lipinski definition) is 1. The van der Waals surface area contributed by atoms with Crippen LogP contribution in [0.2, 0.25) is 0 Å². The first kappa shape index (κ1) is 26.8. The molecule has 0 unspecified atom stereocenters. The summed E-state index contributed by atoms with van der Waals surface area (Å²) in [6.45, 7) is 0. The Kier molecular flexibility index (Phi) is 6.82. The first-order valence-corrected chi connectivity index (χ1v) is 14.1. The van der Waals surface area contributed by atoms with Crippen LogP contribution in [0.4, 0.5) is 10.2 Å². The van der Waals surface area contributed by atoms with Crippen LogP contribution in [-0.2, 0) is 20.5 Å². The molecule has 2 heterocycles. The van der Waals surface area contributed by atoms with Crippen LogP contribution in [0.1, 0.15) is 22.3 Å². The Morgan fingerprint density at radius 3 is 1.37 bits per heavy atom. The van der Waals surface area contributed by atoms with Crippen molar-refractivity contribution >= 4 is 18.4 Å². The molecule has 43 heavy (non-hydrogen) atoms. The molecule has 0 aliphatic carbocycles. The lowest BCUT2D eigenvalue weighted by Gasteiger charge is -2.46. The maximum atomic E-state index is 15.8. The van der Waals surface area contributed by atoms with E-state index in [4.69, 9.17) is 15.0 Å². The fraction of sp³-hybridized carbons (Fsp3) is 0.0556. The van der Waals surface area contributed by atoms with Gasteiger partial charge in [-0.15, -0.1) is 0 Å². The number of rotatable bonds is 6. The van der Waals surface area contributed by atoms with Crippen molar-refractivity contribution in [2.75, 3.05) is 5.73 Å². The van der Waals surface area contributed by atoms with Crippen molar-refractivity contribution in [3.05, 3.63) is 180 Å². The molecule has 0 atom stereocenters. The maximum absolute atomic E-state index is 15.8. The summed E-state index contributed by atoms with van der Waals surface area (Å²) in [7, 11) is -0.929. The maximum Gasteiger partial charge on any atom is 0.496 e. The zero-order chi connectivity index (χ0) is 29.3. The molecule has 1 aromatic heterocycles. The fourth-order valence-corrected chi connectivity index (χ4v) is 6.12. The highest BCUT2D eigenvalue weighted by molar-refractivity contribution is 6.62. The number of hydrogen-bond acceptors (Lipinski definition) is 5. The Labute approximate surface area is 250 Å².